The molecule has 2 amide bonds. The van der Waals surface area contributed by atoms with Crippen molar-refractivity contribution in [2.45, 2.75) is 41.0 Å². The number of hydrogen-bond donors (Lipinski definition) is 2. The first-order valence-corrected chi connectivity index (χ1v) is 11.1. The Hall–Kier alpha value is -2.71. The van der Waals surface area contributed by atoms with Gasteiger partial charge in [-0.15, -0.1) is 11.3 Å². The van der Waals surface area contributed by atoms with Gasteiger partial charge in [-0.3, -0.25) is 14.5 Å². The van der Waals surface area contributed by atoms with Crippen molar-refractivity contribution in [2.75, 3.05) is 37.4 Å². The lowest BCUT2D eigenvalue weighted by Gasteiger charge is -2.17. The number of carbonyl (C=O) groups is 3. The van der Waals surface area contributed by atoms with E-state index in [0.717, 1.165) is 33.7 Å². The molecule has 31 heavy (non-hydrogen) atoms. The number of benzene rings is 1. The molecule has 0 aliphatic rings. The van der Waals surface area contributed by atoms with Crippen LogP contribution in [0.3, 0.4) is 0 Å². The van der Waals surface area contributed by atoms with E-state index in [9.17, 15) is 14.4 Å². The van der Waals surface area contributed by atoms with Crippen molar-refractivity contribution < 1.29 is 19.1 Å². The first-order valence-electron chi connectivity index (χ1n) is 10.3. The lowest BCUT2D eigenvalue weighted by atomic mass is 10.1. The number of carbonyl (C=O) groups excluding carboxylic acids is 3. The maximum absolute atomic E-state index is 12.6. The Morgan fingerprint density at radius 1 is 1.03 bits per heavy atom. The number of likely N-dealkylation sites (N-methyl/N-ethyl adjacent to an activating group) is 1. The number of esters is 1. The number of nitrogens with one attached hydrogen (secondary N) is 2. The summed E-state index contributed by atoms with van der Waals surface area (Å²) in [7, 11) is 1.70. The number of amides is 2. The molecule has 1 heterocycles. The zero-order valence-electron chi connectivity index (χ0n) is 19.0. The zero-order valence-corrected chi connectivity index (χ0v) is 19.9. The molecule has 0 bridgehead atoms. The van der Waals surface area contributed by atoms with E-state index in [-0.39, 0.29) is 31.5 Å². The molecular weight excluding hydrogens is 414 g/mol. The van der Waals surface area contributed by atoms with E-state index in [1.807, 2.05) is 45.9 Å². The second-order valence-electron chi connectivity index (χ2n) is 7.52. The van der Waals surface area contributed by atoms with Gasteiger partial charge in [0.2, 0.25) is 11.8 Å². The maximum atomic E-state index is 12.6. The van der Waals surface area contributed by atoms with Crippen molar-refractivity contribution in [2.24, 2.45) is 0 Å². The van der Waals surface area contributed by atoms with Crippen LogP contribution in [0.5, 0.6) is 0 Å². The van der Waals surface area contributed by atoms with Gasteiger partial charge in [0.25, 0.3) is 0 Å². The Balaban J connectivity index is 2.00. The summed E-state index contributed by atoms with van der Waals surface area (Å²) in [6.07, 6.45) is 0.761. The Morgan fingerprint density at radius 3 is 2.29 bits per heavy atom. The number of aryl methyl sites for hydroxylation is 3. The largest absolute Gasteiger partial charge is 0.462 e. The van der Waals surface area contributed by atoms with Gasteiger partial charge in [0.1, 0.15) is 5.00 Å². The van der Waals surface area contributed by atoms with Crippen molar-refractivity contribution in [3.63, 3.8) is 0 Å². The molecule has 1 aromatic carbocycles. The number of hydrogen-bond acceptors (Lipinski definition) is 6. The molecule has 0 radical (unpaired) electrons. The van der Waals surface area contributed by atoms with Crippen LogP contribution in [0.4, 0.5) is 10.7 Å². The van der Waals surface area contributed by atoms with Crippen LogP contribution in [0.2, 0.25) is 0 Å². The van der Waals surface area contributed by atoms with Crippen molar-refractivity contribution in [1.82, 2.24) is 4.90 Å². The summed E-state index contributed by atoms with van der Waals surface area (Å²) in [5.74, 6) is -0.930. The predicted molar refractivity (Wildman–Crippen MR) is 125 cm³/mol. The normalized spacial score (nSPS) is 10.8. The van der Waals surface area contributed by atoms with Crippen LogP contribution in [0.1, 0.15) is 45.8 Å². The van der Waals surface area contributed by atoms with Gasteiger partial charge in [0.15, 0.2) is 0 Å². The summed E-state index contributed by atoms with van der Waals surface area (Å²) in [5, 5.41) is 6.20. The smallest absolute Gasteiger partial charge is 0.341 e. The molecular formula is C23H31N3O4S. The van der Waals surface area contributed by atoms with Crippen molar-refractivity contribution in [1.29, 1.82) is 0 Å². The van der Waals surface area contributed by atoms with Crippen molar-refractivity contribution in [3.05, 3.63) is 45.3 Å². The van der Waals surface area contributed by atoms with Crippen LogP contribution >= 0.6 is 11.3 Å². The third kappa shape index (κ3) is 6.63. The van der Waals surface area contributed by atoms with Crippen LogP contribution in [0.25, 0.3) is 0 Å². The molecule has 7 nitrogen and oxygen atoms in total. The van der Waals surface area contributed by atoms with Crippen molar-refractivity contribution in [3.8, 4) is 0 Å². The van der Waals surface area contributed by atoms with Gasteiger partial charge < -0.3 is 15.4 Å². The Labute approximate surface area is 187 Å². The number of thiophene rings is 1. The van der Waals surface area contributed by atoms with E-state index in [4.69, 9.17) is 4.74 Å². The van der Waals surface area contributed by atoms with E-state index in [0.29, 0.717) is 10.6 Å². The zero-order chi connectivity index (χ0) is 23.1. The molecule has 2 rings (SSSR count). The fourth-order valence-corrected chi connectivity index (χ4v) is 4.36. The van der Waals surface area contributed by atoms with Crippen LogP contribution in [-0.2, 0) is 20.7 Å². The van der Waals surface area contributed by atoms with E-state index in [1.54, 1.807) is 18.9 Å². The van der Waals surface area contributed by atoms with Gasteiger partial charge in [-0.1, -0.05) is 19.1 Å². The van der Waals surface area contributed by atoms with Crippen LogP contribution in [-0.4, -0.2) is 49.4 Å². The van der Waals surface area contributed by atoms with Gasteiger partial charge in [0, 0.05) is 10.6 Å². The lowest BCUT2D eigenvalue weighted by Crippen LogP contribution is -2.36. The Morgan fingerprint density at radius 2 is 1.68 bits per heavy atom. The summed E-state index contributed by atoms with van der Waals surface area (Å²) < 4.78 is 5.15. The summed E-state index contributed by atoms with van der Waals surface area (Å²) in [4.78, 5) is 40.0. The minimum atomic E-state index is -0.437. The average Bonchev–Trinajstić information content (AvgIpc) is 2.99. The minimum absolute atomic E-state index is 0.0148. The molecule has 0 aliphatic carbocycles. The molecule has 0 atom stereocenters. The molecule has 0 unspecified atom stereocenters. The standard InChI is InChI=1S/C23H31N3O4S/c1-7-18-16(5)21(23(29)30-8-2)22(31-18)25-20(28)13-26(6)12-19(27)24-17-11-14(3)9-10-15(17)4/h9-11H,7-8,12-13H2,1-6H3,(H,24,27)(H,25,28). The quantitative estimate of drug-likeness (QED) is 0.571. The molecule has 1 aromatic heterocycles. The maximum Gasteiger partial charge on any atom is 0.341 e. The van der Waals surface area contributed by atoms with E-state index in [1.165, 1.54) is 11.3 Å². The van der Waals surface area contributed by atoms with E-state index < -0.39 is 5.97 Å². The van der Waals surface area contributed by atoms with Crippen LogP contribution < -0.4 is 10.6 Å². The lowest BCUT2D eigenvalue weighted by molar-refractivity contribution is -0.119. The highest BCUT2D eigenvalue weighted by molar-refractivity contribution is 7.17. The van der Waals surface area contributed by atoms with Gasteiger partial charge in [0.05, 0.1) is 25.3 Å². The fraction of sp³-hybridized carbons (Fsp3) is 0.435. The average molecular weight is 446 g/mol. The molecule has 8 heteroatoms. The van der Waals surface area contributed by atoms with Crippen LogP contribution in [0, 0.1) is 20.8 Å². The summed E-state index contributed by atoms with van der Waals surface area (Å²) in [5.41, 5.74) is 4.05. The predicted octanol–water partition coefficient (Wildman–Crippen LogP) is 3.92. The SMILES string of the molecule is CCOC(=O)c1c(NC(=O)CN(C)CC(=O)Nc2cc(C)ccc2C)sc(CC)c1C. The molecule has 0 fully saturated rings. The second kappa shape index (κ2) is 11.1. The van der Waals surface area contributed by atoms with Crippen LogP contribution in [0.15, 0.2) is 18.2 Å². The first-order chi connectivity index (χ1) is 14.7. The van der Waals surface area contributed by atoms with Gasteiger partial charge in [-0.25, -0.2) is 4.79 Å². The monoisotopic (exact) mass is 445 g/mol. The van der Waals surface area contributed by atoms with Gasteiger partial charge >= 0.3 is 5.97 Å². The number of rotatable bonds is 9. The summed E-state index contributed by atoms with van der Waals surface area (Å²) in [6.45, 7) is 9.85. The highest BCUT2D eigenvalue weighted by Gasteiger charge is 2.23. The Bertz CT molecular complexity index is 968. The Kier molecular flexibility index (Phi) is 8.76. The number of ether oxygens (including phenoxy) is 1. The molecule has 0 aliphatic heterocycles. The molecule has 0 saturated heterocycles. The van der Waals surface area contributed by atoms with E-state index >= 15 is 0 Å². The number of anilines is 2. The third-order valence-corrected chi connectivity index (χ3v) is 6.14. The minimum Gasteiger partial charge on any atom is -0.462 e. The molecule has 0 spiro atoms. The van der Waals surface area contributed by atoms with Gasteiger partial charge in [-0.05, 0) is 63.9 Å². The molecule has 2 N–H and O–H groups in total. The summed E-state index contributed by atoms with van der Waals surface area (Å²) >= 11 is 1.38. The fourth-order valence-electron chi connectivity index (χ4n) is 3.21. The van der Waals surface area contributed by atoms with Crippen molar-refractivity contribution >= 4 is 39.8 Å². The summed E-state index contributed by atoms with van der Waals surface area (Å²) in [6, 6.07) is 5.86. The molecule has 0 saturated carbocycles. The highest BCUT2D eigenvalue weighted by atomic mass is 32.1. The molecule has 168 valence electrons. The topological polar surface area (TPSA) is 87.7 Å². The van der Waals surface area contributed by atoms with Gasteiger partial charge in [-0.2, -0.15) is 0 Å². The van der Waals surface area contributed by atoms with E-state index in [2.05, 4.69) is 10.6 Å². The first kappa shape index (κ1) is 24.6. The highest BCUT2D eigenvalue weighted by Crippen LogP contribution is 2.34. The second-order valence-corrected chi connectivity index (χ2v) is 8.62. The molecule has 2 aromatic rings. The third-order valence-electron chi connectivity index (χ3n) is 4.79. The number of nitrogens with zero attached hydrogens (tertiary/aromatic N) is 1.